The van der Waals surface area contributed by atoms with Gasteiger partial charge in [0.1, 0.15) is 0 Å². The Bertz CT molecular complexity index is 86.6. The summed E-state index contributed by atoms with van der Waals surface area (Å²) < 4.78 is 1.00. The van der Waals surface area contributed by atoms with Crippen LogP contribution in [-0.4, -0.2) is 15.2 Å². The standard InChI is InChI=1S/C7H12.Al/c1-2-7-5-3-4-6-7;/h1-6H2;. The summed E-state index contributed by atoms with van der Waals surface area (Å²) in [6.07, 6.45) is 7.90. The third-order valence-electron chi connectivity index (χ3n) is 2.82. The normalized spacial score (nSPS) is 32.0. The summed E-state index contributed by atoms with van der Waals surface area (Å²) in [5.74, 6) is 0. The van der Waals surface area contributed by atoms with Crippen LogP contribution in [0.5, 0.6) is 0 Å². The van der Waals surface area contributed by atoms with Gasteiger partial charge in [0.05, 0.1) is 0 Å². The highest BCUT2D eigenvalue weighted by Gasteiger charge is 2.39. The second-order valence-electron chi connectivity index (χ2n) is 3.31. The van der Waals surface area contributed by atoms with Gasteiger partial charge in [-0.3, -0.25) is 0 Å². The summed E-state index contributed by atoms with van der Waals surface area (Å²) >= 11 is 0.910. The Balaban J connectivity index is 2.01. The van der Waals surface area contributed by atoms with Crippen LogP contribution in [-0.2, 0) is 0 Å². The molecule has 1 radical (unpaired) electrons. The Kier molecular flexibility index (Phi) is 1.17. The quantitative estimate of drug-likeness (QED) is 0.433. The minimum absolute atomic E-state index is 0.910. The summed E-state index contributed by atoms with van der Waals surface area (Å²) in [6.45, 7) is 0. The van der Waals surface area contributed by atoms with Gasteiger partial charge in [0.2, 0.25) is 15.2 Å². The van der Waals surface area contributed by atoms with E-state index in [4.69, 9.17) is 0 Å². The molecule has 8 heavy (non-hydrogen) atoms. The topological polar surface area (TPSA) is 0 Å². The Morgan fingerprint density at radius 3 is 1.88 bits per heavy atom. The minimum Gasteiger partial charge on any atom is -0.104 e. The molecule has 0 aromatic carbocycles. The van der Waals surface area contributed by atoms with E-state index >= 15 is 0 Å². The van der Waals surface area contributed by atoms with Gasteiger partial charge < -0.3 is 0 Å². The summed E-state index contributed by atoms with van der Waals surface area (Å²) in [4.78, 5) is 0. The number of rotatable bonds is 0. The molecule has 0 nitrogen and oxygen atoms in total. The van der Waals surface area contributed by atoms with Crippen molar-refractivity contribution in [3.63, 3.8) is 0 Å². The van der Waals surface area contributed by atoms with Crippen molar-refractivity contribution < 1.29 is 0 Å². The third-order valence-corrected chi connectivity index (χ3v) is 5.13. The SMILES string of the molecule is C1CC[C]2(C1)C[CH2][Al]2. The minimum atomic E-state index is 0.910. The molecule has 0 N–H and O–H groups in total. The molecule has 0 aromatic heterocycles. The van der Waals surface area contributed by atoms with Crippen LogP contribution in [0.4, 0.5) is 0 Å². The van der Waals surface area contributed by atoms with Crippen LogP contribution in [0.15, 0.2) is 0 Å². The highest BCUT2D eigenvalue weighted by atomic mass is 27.1. The van der Waals surface area contributed by atoms with Crippen molar-refractivity contribution >= 4 is 15.2 Å². The molecule has 0 atom stereocenters. The zero-order valence-electron chi connectivity index (χ0n) is 5.32. The lowest BCUT2D eigenvalue weighted by Crippen LogP contribution is -2.26. The van der Waals surface area contributed by atoms with Crippen LogP contribution in [0, 0.1) is 0 Å². The van der Waals surface area contributed by atoms with Crippen LogP contribution in [0.25, 0.3) is 0 Å². The van der Waals surface area contributed by atoms with Crippen molar-refractivity contribution in [2.24, 2.45) is 0 Å². The fourth-order valence-corrected chi connectivity index (χ4v) is 4.01. The zero-order chi connectivity index (χ0) is 5.45. The fourth-order valence-electron chi connectivity index (χ4n) is 2.09. The van der Waals surface area contributed by atoms with E-state index in [2.05, 4.69) is 0 Å². The third kappa shape index (κ3) is 0.650. The lowest BCUT2D eigenvalue weighted by Gasteiger charge is -2.37. The molecule has 1 saturated heterocycles. The number of hydrogen-bond donors (Lipinski definition) is 0. The molecular formula is C7H12Al. The van der Waals surface area contributed by atoms with Crippen LogP contribution < -0.4 is 0 Å². The summed E-state index contributed by atoms with van der Waals surface area (Å²) in [7, 11) is 0. The van der Waals surface area contributed by atoms with Crippen molar-refractivity contribution in [3.8, 4) is 0 Å². The maximum atomic E-state index is 1.61. The van der Waals surface area contributed by atoms with Crippen LogP contribution in [0.2, 0.25) is 9.56 Å². The predicted molar refractivity (Wildman–Crippen MR) is 36.3 cm³/mol. The van der Waals surface area contributed by atoms with E-state index in [0.29, 0.717) is 0 Å². The molecule has 2 aliphatic rings. The van der Waals surface area contributed by atoms with Crippen molar-refractivity contribution in [1.82, 2.24) is 0 Å². The molecular weight excluding hydrogens is 111 g/mol. The summed E-state index contributed by atoms with van der Waals surface area (Å²) in [6, 6.07) is 0. The average Bonchev–Trinajstić information content (AvgIpc) is 2.07. The van der Waals surface area contributed by atoms with Gasteiger partial charge in [-0.1, -0.05) is 36.4 Å². The van der Waals surface area contributed by atoms with Crippen LogP contribution in [0.3, 0.4) is 0 Å². The van der Waals surface area contributed by atoms with E-state index in [0.717, 1.165) is 19.5 Å². The molecule has 1 aliphatic carbocycles. The zero-order valence-corrected chi connectivity index (χ0v) is 6.47. The first kappa shape index (κ1) is 5.33. The molecule has 0 amide bonds. The van der Waals surface area contributed by atoms with Crippen LogP contribution in [0.1, 0.15) is 32.1 Å². The van der Waals surface area contributed by atoms with Crippen molar-refractivity contribution in [1.29, 1.82) is 0 Å². The van der Waals surface area contributed by atoms with Gasteiger partial charge in [0.15, 0.2) is 0 Å². The molecule has 2 fully saturated rings. The second kappa shape index (κ2) is 1.76. The first-order valence-electron chi connectivity index (χ1n) is 3.76. The maximum Gasteiger partial charge on any atom is 0.210 e. The molecule has 0 unspecified atom stereocenters. The van der Waals surface area contributed by atoms with Crippen molar-refractivity contribution in [2.75, 3.05) is 0 Å². The molecule has 1 spiro atoms. The first-order chi connectivity index (χ1) is 3.91. The highest BCUT2D eigenvalue weighted by Crippen LogP contribution is 2.54. The monoisotopic (exact) mass is 123 g/mol. The Hall–Kier alpha value is 0.532. The van der Waals surface area contributed by atoms with Gasteiger partial charge in [-0.15, -0.1) is 5.28 Å². The van der Waals surface area contributed by atoms with Gasteiger partial charge in [0, 0.05) is 0 Å². The smallest absolute Gasteiger partial charge is 0.104 e. The lowest BCUT2D eigenvalue weighted by molar-refractivity contribution is 0.497. The fraction of sp³-hybridized carbons (Fsp3) is 1.00. The molecule has 1 aliphatic heterocycles. The van der Waals surface area contributed by atoms with Gasteiger partial charge in [0.25, 0.3) is 0 Å². The maximum absolute atomic E-state index is 1.61. The molecule has 0 aromatic rings. The van der Waals surface area contributed by atoms with E-state index in [1.165, 1.54) is 0 Å². The summed E-state index contributed by atoms with van der Waals surface area (Å²) in [5.41, 5.74) is 0. The van der Waals surface area contributed by atoms with E-state index in [-0.39, 0.29) is 0 Å². The predicted octanol–water partition coefficient (Wildman–Crippen LogP) is 2.25. The van der Waals surface area contributed by atoms with Crippen molar-refractivity contribution in [3.05, 3.63) is 0 Å². The Morgan fingerprint density at radius 1 is 1.00 bits per heavy atom. The van der Waals surface area contributed by atoms with Crippen LogP contribution >= 0.6 is 0 Å². The first-order valence-corrected chi connectivity index (χ1v) is 5.15. The van der Waals surface area contributed by atoms with Gasteiger partial charge in [-0.25, -0.2) is 0 Å². The van der Waals surface area contributed by atoms with Crippen molar-refractivity contribution in [2.45, 2.75) is 41.7 Å². The molecule has 1 heterocycles. The average molecular weight is 123 g/mol. The largest absolute Gasteiger partial charge is 0.210 e. The van der Waals surface area contributed by atoms with E-state index < -0.39 is 0 Å². The molecule has 1 heteroatoms. The van der Waals surface area contributed by atoms with Gasteiger partial charge in [-0.2, -0.15) is 0 Å². The van der Waals surface area contributed by atoms with Gasteiger partial charge in [-0.05, 0) is 0 Å². The van der Waals surface area contributed by atoms with E-state index in [9.17, 15) is 0 Å². The Morgan fingerprint density at radius 2 is 1.62 bits per heavy atom. The lowest BCUT2D eigenvalue weighted by atomic mass is 10.0. The molecule has 0 bridgehead atoms. The highest BCUT2D eigenvalue weighted by molar-refractivity contribution is 6.44. The summed E-state index contributed by atoms with van der Waals surface area (Å²) in [5, 5.41) is 1.61. The van der Waals surface area contributed by atoms with E-state index in [1.807, 2.05) is 0 Å². The molecule has 43 valence electrons. The molecule has 2 rings (SSSR count). The molecule has 1 saturated carbocycles. The van der Waals surface area contributed by atoms with Gasteiger partial charge >= 0.3 is 0 Å². The second-order valence-corrected chi connectivity index (χ2v) is 5.52. The Labute approximate surface area is 57.4 Å². The number of hydrogen-bond acceptors (Lipinski definition) is 0. The van der Waals surface area contributed by atoms with E-state index in [1.54, 1.807) is 37.4 Å².